The van der Waals surface area contributed by atoms with E-state index in [9.17, 15) is 9.59 Å². The fraction of sp³-hybridized carbons (Fsp3) is 0.571. The van der Waals surface area contributed by atoms with E-state index in [4.69, 9.17) is 44.5 Å². The molecule has 0 radical (unpaired) electrons. The summed E-state index contributed by atoms with van der Waals surface area (Å²) in [5, 5.41) is 31.6. The Morgan fingerprint density at radius 1 is 0.818 bits per heavy atom. The van der Waals surface area contributed by atoms with Crippen molar-refractivity contribution in [1.29, 1.82) is 0 Å². The molecule has 0 fully saturated rings. The van der Waals surface area contributed by atoms with Gasteiger partial charge in [0.25, 0.3) is 0 Å². The van der Waals surface area contributed by atoms with Gasteiger partial charge in [-0.3, -0.25) is 9.59 Å². The molecule has 0 aliphatic carbocycles. The van der Waals surface area contributed by atoms with E-state index < -0.39 is 25.9 Å². The maximum absolute atomic E-state index is 9.90. The number of phosphoric acid groups is 1. The summed E-state index contributed by atoms with van der Waals surface area (Å²) in [5.74, 6) is -1.74. The van der Waals surface area contributed by atoms with Gasteiger partial charge in [0.1, 0.15) is 0 Å². The van der Waals surface area contributed by atoms with Crippen molar-refractivity contribution in [2.24, 2.45) is 0 Å². The number of carbonyl (C=O) groups is 3. The van der Waals surface area contributed by atoms with Crippen molar-refractivity contribution in [2.45, 2.75) is 25.7 Å². The number of carboxylic acids is 2. The first-order valence-electron chi connectivity index (χ1n) is 4.48. The monoisotopic (exact) mass is 362 g/mol. The second kappa shape index (κ2) is 22.5. The Morgan fingerprint density at radius 2 is 0.955 bits per heavy atom. The number of rotatable bonds is 5. The number of aliphatic carboxylic acids is 2. The average molecular weight is 362 g/mol. The van der Waals surface area contributed by atoms with Crippen molar-refractivity contribution in [2.75, 3.05) is 0 Å². The van der Waals surface area contributed by atoms with Crippen LogP contribution in [0.2, 0.25) is 0 Å². The smallest absolute Gasteiger partial charge is 0.565 e. The van der Waals surface area contributed by atoms with E-state index in [-0.39, 0.29) is 54.7 Å². The molecule has 0 amide bonds. The molecule has 15 heteroatoms. The Bertz CT molecular complexity index is 306. The van der Waals surface area contributed by atoms with Crippen LogP contribution in [0.1, 0.15) is 25.7 Å². The molecule has 12 N–H and O–H groups in total. The Morgan fingerprint density at radius 3 is 1.05 bits per heavy atom. The third-order valence-corrected chi connectivity index (χ3v) is 1.03. The van der Waals surface area contributed by atoms with Crippen molar-refractivity contribution in [3.8, 4) is 0 Å². The van der Waals surface area contributed by atoms with E-state index in [2.05, 4.69) is 0 Å². The van der Waals surface area contributed by atoms with Crippen LogP contribution in [-0.4, -0.2) is 48.1 Å². The summed E-state index contributed by atoms with van der Waals surface area (Å²) in [6.45, 7) is 0. The molecule has 13 nitrogen and oxygen atoms in total. The Kier molecular flexibility index (Phi) is 38.3. The van der Waals surface area contributed by atoms with E-state index in [1.54, 1.807) is 0 Å². The summed E-state index contributed by atoms with van der Waals surface area (Å²) in [5.41, 5.74) is 0. The van der Waals surface area contributed by atoms with Gasteiger partial charge in [0.15, 0.2) is 0 Å². The molecule has 0 saturated carbocycles. The third kappa shape index (κ3) is 164. The molecular formula is C7H20N2NaO11P. The normalized spacial score (nSPS) is 7.95. The van der Waals surface area contributed by atoms with E-state index in [1.807, 2.05) is 0 Å². The van der Waals surface area contributed by atoms with Crippen LogP contribution >= 0.6 is 7.82 Å². The van der Waals surface area contributed by atoms with Crippen molar-refractivity contribution in [1.82, 2.24) is 12.3 Å². The fourth-order valence-corrected chi connectivity index (χ4v) is 0.552. The SMILES string of the molecule is N.N.O=C(O)CCCCC(=O)O.O=C([O-])O.O=P(O)(O)O.[Na+]. The zero-order valence-electron chi connectivity index (χ0n) is 11.9. The van der Waals surface area contributed by atoms with Crippen LogP contribution in [0, 0.1) is 0 Å². The molecule has 0 aromatic carbocycles. The van der Waals surface area contributed by atoms with Gasteiger partial charge in [-0.25, -0.2) is 4.57 Å². The van der Waals surface area contributed by atoms with Crippen LogP contribution in [0.5, 0.6) is 0 Å². The molecule has 0 heterocycles. The minimum atomic E-state index is -4.64. The molecule has 0 spiro atoms. The average Bonchev–Trinajstić information content (AvgIpc) is 2.08. The summed E-state index contributed by atoms with van der Waals surface area (Å²) in [4.78, 5) is 49.8. The van der Waals surface area contributed by atoms with Gasteiger partial charge >= 0.3 is 49.3 Å². The summed E-state index contributed by atoms with van der Waals surface area (Å²) in [7, 11) is -4.64. The first-order chi connectivity index (χ1) is 8.36. The molecule has 22 heavy (non-hydrogen) atoms. The maximum atomic E-state index is 9.90. The molecule has 0 aromatic rings. The number of hydrogen-bond acceptors (Lipinski definition) is 7. The molecule has 0 rings (SSSR count). The molecule has 0 aliphatic rings. The van der Waals surface area contributed by atoms with Crippen LogP contribution in [0.3, 0.4) is 0 Å². The molecule has 0 aromatic heterocycles. The first-order valence-corrected chi connectivity index (χ1v) is 6.04. The molecular weight excluding hydrogens is 342 g/mol. The molecule has 0 aliphatic heterocycles. The Hall–Kier alpha value is -0.760. The number of hydrogen-bond donors (Lipinski definition) is 8. The van der Waals surface area contributed by atoms with Crippen molar-refractivity contribution in [3.05, 3.63) is 0 Å². The van der Waals surface area contributed by atoms with E-state index in [0.29, 0.717) is 12.8 Å². The number of carboxylic acid groups (broad SMARTS) is 4. The van der Waals surface area contributed by atoms with Gasteiger partial charge in [-0.1, -0.05) is 0 Å². The zero-order chi connectivity index (χ0) is 16.1. The van der Waals surface area contributed by atoms with E-state index in [0.717, 1.165) is 0 Å². The Balaban J connectivity index is -0.0000000461. The van der Waals surface area contributed by atoms with E-state index in [1.165, 1.54) is 0 Å². The predicted molar refractivity (Wildman–Crippen MR) is 66.1 cm³/mol. The second-order valence-corrected chi connectivity index (χ2v) is 3.80. The minimum Gasteiger partial charge on any atom is -0.565 e. The molecule has 0 bridgehead atoms. The van der Waals surface area contributed by atoms with Crippen molar-refractivity contribution in [3.63, 3.8) is 0 Å². The van der Waals surface area contributed by atoms with E-state index >= 15 is 0 Å². The second-order valence-electron chi connectivity index (χ2n) is 2.77. The Labute approximate surface area is 147 Å². The molecule has 130 valence electrons. The summed E-state index contributed by atoms with van der Waals surface area (Å²) in [6, 6.07) is 0. The van der Waals surface area contributed by atoms with Gasteiger partial charge in [-0.05, 0) is 12.8 Å². The van der Waals surface area contributed by atoms with Gasteiger partial charge in [0.2, 0.25) is 6.16 Å². The predicted octanol–water partition coefficient (Wildman–Crippen LogP) is -4.00. The first kappa shape index (κ1) is 37.5. The molecule has 0 atom stereocenters. The summed E-state index contributed by atoms with van der Waals surface area (Å²) >= 11 is 0. The molecule has 0 unspecified atom stereocenters. The van der Waals surface area contributed by atoms with Gasteiger partial charge < -0.3 is 52.2 Å². The van der Waals surface area contributed by atoms with Crippen molar-refractivity contribution < 1.29 is 83.6 Å². The van der Waals surface area contributed by atoms with Crippen LogP contribution in [0.15, 0.2) is 0 Å². The topological polar surface area (TPSA) is 283 Å². The fourth-order valence-electron chi connectivity index (χ4n) is 0.552. The van der Waals surface area contributed by atoms with Crippen LogP contribution in [-0.2, 0) is 14.2 Å². The largest absolute Gasteiger partial charge is 1.00 e. The standard InChI is InChI=1S/C6H10O4.CH2O3.2H3N.Na.H3O4P/c7-5(8)3-1-2-4-6(9)10;2-1(3)4;;;;1-5(2,3)4/h1-4H2,(H,7,8)(H,9,10);(H2,2,3,4);2*1H3;;(H3,1,2,3,4)/q;;;;+1;/p-1. The quantitative estimate of drug-likeness (QED) is 0.131. The number of unbranched alkanes of at least 4 members (excludes halogenated alkanes) is 1. The van der Waals surface area contributed by atoms with Crippen LogP contribution in [0.25, 0.3) is 0 Å². The molecule has 0 saturated heterocycles. The van der Waals surface area contributed by atoms with Gasteiger partial charge in [-0.2, -0.15) is 0 Å². The van der Waals surface area contributed by atoms with Gasteiger partial charge in [0, 0.05) is 12.8 Å². The maximum Gasteiger partial charge on any atom is 1.00 e. The zero-order valence-corrected chi connectivity index (χ0v) is 14.8. The minimum absolute atomic E-state index is 0. The summed E-state index contributed by atoms with van der Waals surface area (Å²) < 4.78 is 8.88. The van der Waals surface area contributed by atoms with Crippen LogP contribution in [0.4, 0.5) is 4.79 Å². The van der Waals surface area contributed by atoms with Gasteiger partial charge in [-0.15, -0.1) is 0 Å². The summed E-state index contributed by atoms with van der Waals surface area (Å²) in [6.07, 6.45) is -1.07. The van der Waals surface area contributed by atoms with Crippen LogP contribution < -0.4 is 47.0 Å². The van der Waals surface area contributed by atoms with Crippen molar-refractivity contribution >= 4 is 25.9 Å². The third-order valence-electron chi connectivity index (χ3n) is 1.03. The van der Waals surface area contributed by atoms with Gasteiger partial charge in [0.05, 0.1) is 0 Å².